The van der Waals surface area contributed by atoms with Crippen LogP contribution in [0.5, 0.6) is 0 Å². The fourth-order valence-electron chi connectivity index (χ4n) is 2.12. The highest BCUT2D eigenvalue weighted by atomic mass is 14.9. The van der Waals surface area contributed by atoms with Gasteiger partial charge in [0.2, 0.25) is 0 Å². The molecule has 1 N–H and O–H groups in total. The Kier molecular flexibility index (Phi) is 3.39. The van der Waals surface area contributed by atoms with Gasteiger partial charge in [-0.1, -0.05) is 36.9 Å². The van der Waals surface area contributed by atoms with Crippen molar-refractivity contribution in [2.24, 2.45) is 0 Å². The summed E-state index contributed by atoms with van der Waals surface area (Å²) in [4.78, 5) is 0. The van der Waals surface area contributed by atoms with Crippen LogP contribution in [0.2, 0.25) is 0 Å². The maximum Gasteiger partial charge on any atom is 0.0357 e. The Bertz CT molecular complexity index is 360. The summed E-state index contributed by atoms with van der Waals surface area (Å²) in [5, 5.41) is 3.56. The predicted molar refractivity (Wildman–Crippen MR) is 63.6 cm³/mol. The summed E-state index contributed by atoms with van der Waals surface area (Å²) in [5.41, 5.74) is 5.75. The lowest BCUT2D eigenvalue weighted by atomic mass is 10.1. The van der Waals surface area contributed by atoms with E-state index in [2.05, 4.69) is 41.9 Å². The lowest BCUT2D eigenvalue weighted by Crippen LogP contribution is -2.26. The van der Waals surface area contributed by atoms with Gasteiger partial charge in [-0.05, 0) is 30.4 Å². The first-order valence-corrected chi connectivity index (χ1v) is 5.56. The zero-order chi connectivity index (χ0) is 10.5. The molecule has 1 atom stereocenters. The summed E-state index contributed by atoms with van der Waals surface area (Å²) < 4.78 is 0. The van der Waals surface area contributed by atoms with E-state index in [9.17, 15) is 0 Å². The molecule has 1 aliphatic rings. The summed E-state index contributed by atoms with van der Waals surface area (Å²) >= 11 is 0. The Morgan fingerprint density at radius 2 is 2.13 bits per heavy atom. The molecule has 0 amide bonds. The van der Waals surface area contributed by atoms with E-state index in [0.29, 0.717) is 6.04 Å². The highest BCUT2D eigenvalue weighted by Gasteiger charge is 2.19. The quantitative estimate of drug-likeness (QED) is 0.738. The van der Waals surface area contributed by atoms with Crippen molar-refractivity contribution < 1.29 is 0 Å². The molecule has 0 aliphatic heterocycles. The summed E-state index contributed by atoms with van der Waals surface area (Å²) in [7, 11) is 0. The van der Waals surface area contributed by atoms with E-state index in [1.54, 1.807) is 0 Å². The SMILES string of the molecule is C=C=C1CCCC1NCc1ccccc1. The van der Waals surface area contributed by atoms with Crippen molar-refractivity contribution in [3.8, 4) is 0 Å². The minimum atomic E-state index is 0.503. The highest BCUT2D eigenvalue weighted by Crippen LogP contribution is 2.23. The van der Waals surface area contributed by atoms with Gasteiger partial charge in [-0.25, -0.2) is 0 Å². The molecule has 1 fully saturated rings. The Morgan fingerprint density at radius 3 is 2.87 bits per heavy atom. The average Bonchev–Trinajstić information content (AvgIpc) is 2.75. The first-order chi connectivity index (χ1) is 7.40. The zero-order valence-electron chi connectivity index (χ0n) is 9.00. The number of hydrogen-bond acceptors (Lipinski definition) is 1. The van der Waals surface area contributed by atoms with Gasteiger partial charge < -0.3 is 5.32 Å². The van der Waals surface area contributed by atoms with Gasteiger partial charge in [0.1, 0.15) is 0 Å². The Balaban J connectivity index is 1.91. The van der Waals surface area contributed by atoms with Gasteiger partial charge in [-0.15, -0.1) is 5.73 Å². The molecule has 1 nitrogen and oxygen atoms in total. The molecule has 0 saturated heterocycles. The first kappa shape index (κ1) is 10.2. The van der Waals surface area contributed by atoms with Crippen LogP contribution in [0.25, 0.3) is 0 Å². The number of hydrogen-bond donors (Lipinski definition) is 1. The molecule has 2 rings (SSSR count). The number of benzene rings is 1. The third-order valence-corrected chi connectivity index (χ3v) is 2.98. The van der Waals surface area contributed by atoms with Gasteiger partial charge in [0, 0.05) is 12.6 Å². The minimum absolute atomic E-state index is 0.503. The average molecular weight is 199 g/mol. The van der Waals surface area contributed by atoms with Crippen LogP contribution in [-0.2, 0) is 6.54 Å². The van der Waals surface area contributed by atoms with Gasteiger partial charge in [0.05, 0.1) is 0 Å². The number of rotatable bonds is 3. The molecular weight excluding hydrogens is 182 g/mol. The van der Waals surface area contributed by atoms with E-state index in [-0.39, 0.29) is 0 Å². The molecule has 1 aromatic rings. The molecule has 0 spiro atoms. The minimum Gasteiger partial charge on any atom is -0.306 e. The topological polar surface area (TPSA) is 12.0 Å². The van der Waals surface area contributed by atoms with E-state index in [0.717, 1.165) is 13.0 Å². The second-order valence-corrected chi connectivity index (χ2v) is 4.01. The third kappa shape index (κ3) is 2.59. The Labute approximate surface area is 91.5 Å². The molecule has 0 heterocycles. The third-order valence-electron chi connectivity index (χ3n) is 2.98. The molecule has 0 bridgehead atoms. The molecule has 15 heavy (non-hydrogen) atoms. The van der Waals surface area contributed by atoms with Crippen molar-refractivity contribution in [3.05, 3.63) is 53.8 Å². The van der Waals surface area contributed by atoms with E-state index in [1.807, 2.05) is 6.07 Å². The van der Waals surface area contributed by atoms with Crippen LogP contribution in [-0.4, -0.2) is 6.04 Å². The zero-order valence-corrected chi connectivity index (χ0v) is 9.00. The van der Waals surface area contributed by atoms with Crippen LogP contribution < -0.4 is 5.32 Å². The number of nitrogens with one attached hydrogen (secondary N) is 1. The maximum absolute atomic E-state index is 3.75. The lowest BCUT2D eigenvalue weighted by molar-refractivity contribution is 0.578. The van der Waals surface area contributed by atoms with Gasteiger partial charge in [-0.3, -0.25) is 0 Å². The van der Waals surface area contributed by atoms with Crippen LogP contribution in [0.3, 0.4) is 0 Å². The molecule has 0 aromatic heterocycles. The second-order valence-electron chi connectivity index (χ2n) is 4.01. The molecule has 1 aromatic carbocycles. The van der Waals surface area contributed by atoms with Gasteiger partial charge in [0.25, 0.3) is 0 Å². The summed E-state index contributed by atoms with van der Waals surface area (Å²) in [6.07, 6.45) is 3.66. The fourth-order valence-corrected chi connectivity index (χ4v) is 2.12. The van der Waals surface area contributed by atoms with Crippen molar-refractivity contribution in [3.63, 3.8) is 0 Å². The van der Waals surface area contributed by atoms with Gasteiger partial charge >= 0.3 is 0 Å². The summed E-state index contributed by atoms with van der Waals surface area (Å²) in [5.74, 6) is 0. The molecule has 78 valence electrons. The maximum atomic E-state index is 3.75. The summed E-state index contributed by atoms with van der Waals surface area (Å²) in [6.45, 7) is 4.69. The lowest BCUT2D eigenvalue weighted by Gasteiger charge is -2.12. The molecule has 1 unspecified atom stereocenters. The van der Waals surface area contributed by atoms with Crippen molar-refractivity contribution in [1.82, 2.24) is 5.32 Å². The molecule has 0 radical (unpaired) electrons. The van der Waals surface area contributed by atoms with E-state index in [1.165, 1.54) is 24.0 Å². The van der Waals surface area contributed by atoms with Crippen molar-refractivity contribution >= 4 is 0 Å². The van der Waals surface area contributed by atoms with Crippen molar-refractivity contribution in [1.29, 1.82) is 0 Å². The standard InChI is InChI=1S/C14H17N/c1-2-13-9-6-10-14(13)15-11-12-7-4-3-5-8-12/h3-5,7-8,14-15H,1,6,9-11H2. The van der Waals surface area contributed by atoms with Crippen LogP contribution in [0.1, 0.15) is 24.8 Å². The van der Waals surface area contributed by atoms with E-state index < -0.39 is 0 Å². The van der Waals surface area contributed by atoms with Crippen LogP contribution in [0.4, 0.5) is 0 Å². The monoisotopic (exact) mass is 199 g/mol. The molecule has 1 aliphatic carbocycles. The van der Waals surface area contributed by atoms with Gasteiger partial charge in [0.15, 0.2) is 0 Å². The van der Waals surface area contributed by atoms with Crippen LogP contribution in [0.15, 0.2) is 48.2 Å². The predicted octanol–water partition coefficient (Wildman–Crippen LogP) is 3.04. The Morgan fingerprint density at radius 1 is 1.33 bits per heavy atom. The first-order valence-electron chi connectivity index (χ1n) is 5.56. The molecule has 1 heteroatoms. The van der Waals surface area contributed by atoms with E-state index >= 15 is 0 Å². The normalized spacial score (nSPS) is 20.3. The summed E-state index contributed by atoms with van der Waals surface area (Å²) in [6, 6.07) is 11.0. The van der Waals surface area contributed by atoms with Crippen molar-refractivity contribution in [2.45, 2.75) is 31.8 Å². The smallest absolute Gasteiger partial charge is 0.0357 e. The molecule has 1 saturated carbocycles. The van der Waals surface area contributed by atoms with E-state index in [4.69, 9.17) is 0 Å². The second kappa shape index (κ2) is 4.97. The fraction of sp³-hybridized carbons (Fsp3) is 0.357. The van der Waals surface area contributed by atoms with Crippen LogP contribution >= 0.6 is 0 Å². The van der Waals surface area contributed by atoms with Gasteiger partial charge in [-0.2, -0.15) is 0 Å². The Hall–Kier alpha value is -1.30. The van der Waals surface area contributed by atoms with Crippen LogP contribution in [0, 0.1) is 0 Å². The molecular formula is C14H17N. The highest BCUT2D eigenvalue weighted by molar-refractivity contribution is 5.17. The largest absolute Gasteiger partial charge is 0.306 e. The van der Waals surface area contributed by atoms with Crippen molar-refractivity contribution in [2.75, 3.05) is 0 Å².